The number of aromatic nitrogens is 1. The average Bonchev–Trinajstić information content (AvgIpc) is 2.49. The van der Waals surface area contributed by atoms with E-state index >= 15 is 0 Å². The number of phenolic OH excluding ortho intramolecular Hbond substituents is 1. The number of benzene rings is 1. The summed E-state index contributed by atoms with van der Waals surface area (Å²) >= 11 is 11.9. The van der Waals surface area contributed by atoms with Gasteiger partial charge in [-0.3, -0.25) is 0 Å². The highest BCUT2D eigenvalue weighted by atomic mass is 35.5. The molecule has 0 saturated carbocycles. The van der Waals surface area contributed by atoms with Gasteiger partial charge in [0.2, 0.25) is 12.2 Å². The second-order valence-corrected chi connectivity index (χ2v) is 5.51. The molecular formula is C15H12Cl2F3NO3. The van der Waals surface area contributed by atoms with Crippen LogP contribution in [0.25, 0.3) is 0 Å². The van der Waals surface area contributed by atoms with Crippen LogP contribution in [0.15, 0.2) is 30.5 Å². The highest BCUT2D eigenvalue weighted by molar-refractivity contribution is 6.37. The molecule has 1 aromatic carbocycles. The van der Waals surface area contributed by atoms with E-state index in [1.807, 2.05) is 0 Å². The second-order valence-electron chi connectivity index (χ2n) is 4.69. The van der Waals surface area contributed by atoms with Crippen molar-refractivity contribution in [2.75, 3.05) is 0 Å². The van der Waals surface area contributed by atoms with Crippen LogP contribution in [0.2, 0.25) is 10.0 Å². The maximum absolute atomic E-state index is 12.5. The first-order valence-electron chi connectivity index (χ1n) is 6.75. The van der Waals surface area contributed by atoms with Gasteiger partial charge in [0.1, 0.15) is 5.75 Å². The van der Waals surface area contributed by atoms with Crippen molar-refractivity contribution < 1.29 is 27.8 Å². The van der Waals surface area contributed by atoms with Crippen LogP contribution < -0.4 is 9.47 Å². The highest BCUT2D eigenvalue weighted by Gasteiger charge is 2.30. The largest absolute Gasteiger partial charge is 0.508 e. The van der Waals surface area contributed by atoms with Gasteiger partial charge in [0.25, 0.3) is 0 Å². The summed E-state index contributed by atoms with van der Waals surface area (Å²) in [4.78, 5) is 3.61. The Bertz CT molecular complexity index is 685. The number of ether oxygens (including phenoxy) is 2. The van der Waals surface area contributed by atoms with Crippen molar-refractivity contribution in [1.29, 1.82) is 0 Å². The zero-order valence-electron chi connectivity index (χ0n) is 12.3. The molecule has 0 aliphatic heterocycles. The Morgan fingerprint density at radius 2 is 1.79 bits per heavy atom. The van der Waals surface area contributed by atoms with Gasteiger partial charge >= 0.3 is 6.18 Å². The van der Waals surface area contributed by atoms with E-state index in [1.54, 1.807) is 6.92 Å². The standard InChI is InChI=1S/C15H12Cl2F3NO3/c1-2-13(24-14-10(16)5-9(22)6-11(14)17)23-12-4-3-8(7-21-12)15(18,19)20/h3-7,13,22H,2H2,1H3. The van der Waals surface area contributed by atoms with Gasteiger partial charge in [0.15, 0.2) is 5.75 Å². The lowest BCUT2D eigenvalue weighted by Crippen LogP contribution is -2.23. The molecule has 2 aromatic rings. The average molecular weight is 382 g/mol. The van der Waals surface area contributed by atoms with Crippen LogP contribution in [0.5, 0.6) is 17.4 Å². The predicted octanol–water partition coefficient (Wildman–Crippen LogP) is 5.31. The molecule has 1 atom stereocenters. The normalized spacial score (nSPS) is 12.8. The van der Waals surface area contributed by atoms with Gasteiger partial charge in [0, 0.05) is 30.8 Å². The SMILES string of the molecule is CCC(Oc1ccc(C(F)(F)F)cn1)Oc1c(Cl)cc(O)cc1Cl. The fraction of sp³-hybridized carbons (Fsp3) is 0.267. The summed E-state index contributed by atoms with van der Waals surface area (Å²) < 4.78 is 48.4. The number of pyridine rings is 1. The molecule has 1 aromatic heterocycles. The quantitative estimate of drug-likeness (QED) is 0.713. The first-order valence-corrected chi connectivity index (χ1v) is 7.51. The fourth-order valence-electron chi connectivity index (χ4n) is 1.73. The van der Waals surface area contributed by atoms with Crippen LogP contribution in [0.1, 0.15) is 18.9 Å². The lowest BCUT2D eigenvalue weighted by molar-refractivity contribution is -0.137. The Morgan fingerprint density at radius 3 is 2.25 bits per heavy atom. The van der Waals surface area contributed by atoms with E-state index in [0.29, 0.717) is 12.6 Å². The van der Waals surface area contributed by atoms with Gasteiger partial charge in [-0.2, -0.15) is 13.2 Å². The molecule has 0 aliphatic rings. The van der Waals surface area contributed by atoms with E-state index in [9.17, 15) is 18.3 Å². The summed E-state index contributed by atoms with van der Waals surface area (Å²) in [6.07, 6.45) is -4.34. The van der Waals surface area contributed by atoms with E-state index in [0.717, 1.165) is 12.1 Å². The zero-order valence-corrected chi connectivity index (χ0v) is 13.8. The maximum Gasteiger partial charge on any atom is 0.417 e. The summed E-state index contributed by atoms with van der Waals surface area (Å²) in [5.41, 5.74) is -0.881. The lowest BCUT2D eigenvalue weighted by Gasteiger charge is -2.20. The van der Waals surface area contributed by atoms with Crippen LogP contribution in [0.3, 0.4) is 0 Å². The third-order valence-corrected chi connectivity index (χ3v) is 3.44. The predicted molar refractivity (Wildman–Crippen MR) is 82.7 cm³/mol. The molecular weight excluding hydrogens is 370 g/mol. The monoisotopic (exact) mass is 381 g/mol. The summed E-state index contributed by atoms with van der Waals surface area (Å²) in [6, 6.07) is 4.43. The minimum atomic E-state index is -4.47. The summed E-state index contributed by atoms with van der Waals surface area (Å²) in [5.74, 6) is -0.0773. The Kier molecular flexibility index (Phi) is 5.66. The highest BCUT2D eigenvalue weighted by Crippen LogP contribution is 2.37. The number of hydrogen-bond donors (Lipinski definition) is 1. The molecule has 0 bridgehead atoms. The minimum absolute atomic E-state index is 0.0409. The molecule has 0 radical (unpaired) electrons. The Labute approximate surface area is 145 Å². The number of hydrogen-bond acceptors (Lipinski definition) is 4. The van der Waals surface area contributed by atoms with E-state index in [2.05, 4.69) is 4.98 Å². The van der Waals surface area contributed by atoms with Gasteiger partial charge in [-0.1, -0.05) is 30.1 Å². The first kappa shape index (κ1) is 18.5. The number of aromatic hydroxyl groups is 1. The molecule has 24 heavy (non-hydrogen) atoms. The van der Waals surface area contributed by atoms with Crippen molar-refractivity contribution in [1.82, 2.24) is 4.98 Å². The van der Waals surface area contributed by atoms with Crippen LogP contribution in [0.4, 0.5) is 13.2 Å². The van der Waals surface area contributed by atoms with E-state index in [1.165, 1.54) is 12.1 Å². The lowest BCUT2D eigenvalue weighted by atomic mass is 10.3. The van der Waals surface area contributed by atoms with Crippen molar-refractivity contribution in [3.05, 3.63) is 46.1 Å². The molecule has 0 spiro atoms. The minimum Gasteiger partial charge on any atom is -0.508 e. The van der Waals surface area contributed by atoms with E-state index in [-0.39, 0.29) is 27.4 Å². The third kappa shape index (κ3) is 4.58. The Balaban J connectivity index is 2.13. The van der Waals surface area contributed by atoms with Gasteiger partial charge in [-0.25, -0.2) is 4.98 Å². The van der Waals surface area contributed by atoms with Crippen LogP contribution in [-0.2, 0) is 6.18 Å². The summed E-state index contributed by atoms with van der Waals surface area (Å²) in [7, 11) is 0. The molecule has 0 saturated heterocycles. The van der Waals surface area contributed by atoms with Crippen LogP contribution >= 0.6 is 23.2 Å². The van der Waals surface area contributed by atoms with Crippen molar-refractivity contribution in [2.45, 2.75) is 25.8 Å². The molecule has 0 fully saturated rings. The molecule has 4 nitrogen and oxygen atoms in total. The van der Waals surface area contributed by atoms with Gasteiger partial charge in [0.05, 0.1) is 15.6 Å². The van der Waals surface area contributed by atoms with Gasteiger partial charge in [-0.05, 0) is 6.07 Å². The number of phenols is 1. The van der Waals surface area contributed by atoms with Gasteiger partial charge in [-0.15, -0.1) is 0 Å². The van der Waals surface area contributed by atoms with Crippen molar-refractivity contribution in [3.63, 3.8) is 0 Å². The molecule has 1 heterocycles. The fourth-order valence-corrected chi connectivity index (χ4v) is 2.30. The zero-order chi connectivity index (χ0) is 17.9. The molecule has 130 valence electrons. The smallest absolute Gasteiger partial charge is 0.417 e. The van der Waals surface area contributed by atoms with Crippen molar-refractivity contribution in [2.24, 2.45) is 0 Å². The summed E-state index contributed by atoms with van der Waals surface area (Å²) in [6.45, 7) is 1.73. The van der Waals surface area contributed by atoms with Gasteiger partial charge < -0.3 is 14.6 Å². The Hall–Kier alpha value is -1.86. The molecule has 1 unspecified atom stereocenters. The molecule has 0 amide bonds. The summed E-state index contributed by atoms with van der Waals surface area (Å²) in [5, 5.41) is 9.52. The number of alkyl halides is 3. The van der Waals surface area contributed by atoms with E-state index in [4.69, 9.17) is 32.7 Å². The second kappa shape index (κ2) is 7.36. The molecule has 9 heteroatoms. The number of nitrogens with zero attached hydrogens (tertiary/aromatic N) is 1. The molecule has 2 rings (SSSR count). The van der Waals surface area contributed by atoms with E-state index < -0.39 is 18.0 Å². The third-order valence-electron chi connectivity index (χ3n) is 2.88. The topological polar surface area (TPSA) is 51.6 Å². The van der Waals surface area contributed by atoms with Crippen LogP contribution in [0, 0.1) is 0 Å². The number of rotatable bonds is 5. The van der Waals surface area contributed by atoms with Crippen molar-refractivity contribution in [3.8, 4) is 17.4 Å². The first-order chi connectivity index (χ1) is 11.2. The number of halogens is 5. The molecule has 1 N–H and O–H groups in total. The molecule has 0 aliphatic carbocycles. The maximum atomic E-state index is 12.5. The van der Waals surface area contributed by atoms with Crippen LogP contribution in [-0.4, -0.2) is 16.4 Å². The van der Waals surface area contributed by atoms with Crippen molar-refractivity contribution >= 4 is 23.2 Å². The Morgan fingerprint density at radius 1 is 1.17 bits per heavy atom.